The molecule has 0 amide bonds. The third-order valence-corrected chi connectivity index (χ3v) is 3.47. The Kier molecular flexibility index (Phi) is 3.60. The Bertz CT molecular complexity index is 922. The molecule has 0 fully saturated rings. The molecule has 0 radical (unpaired) electrons. The van der Waals surface area contributed by atoms with Crippen LogP contribution in [0.3, 0.4) is 0 Å². The first-order valence-corrected chi connectivity index (χ1v) is 6.98. The van der Waals surface area contributed by atoms with Gasteiger partial charge in [0.05, 0.1) is 28.7 Å². The van der Waals surface area contributed by atoms with E-state index < -0.39 is 11.5 Å². The summed E-state index contributed by atoms with van der Waals surface area (Å²) in [6, 6.07) is 9.92. The first-order valence-electron chi connectivity index (χ1n) is 6.44. The second kappa shape index (κ2) is 5.57. The molecule has 0 aliphatic rings. The summed E-state index contributed by atoms with van der Waals surface area (Å²) in [4.78, 5) is 33.2. The molecule has 6 nitrogen and oxygen atoms in total. The lowest BCUT2D eigenvalue weighted by atomic mass is 10.2. The van der Waals surface area contributed by atoms with Gasteiger partial charge < -0.3 is 5.73 Å². The van der Waals surface area contributed by atoms with Gasteiger partial charge in [-0.15, -0.1) is 11.6 Å². The number of anilines is 1. The number of fused-ring (bicyclic) bond motifs is 1. The van der Waals surface area contributed by atoms with Crippen molar-refractivity contribution in [2.75, 3.05) is 5.73 Å². The van der Waals surface area contributed by atoms with E-state index in [9.17, 15) is 9.59 Å². The van der Waals surface area contributed by atoms with E-state index in [0.717, 1.165) is 4.57 Å². The van der Waals surface area contributed by atoms with Gasteiger partial charge >= 0.3 is 0 Å². The second-order valence-electron chi connectivity index (χ2n) is 4.61. The summed E-state index contributed by atoms with van der Waals surface area (Å²) < 4.78 is 0.857. The number of hydrogen-bond acceptors (Lipinski definition) is 5. The molecule has 0 saturated carbocycles. The molecular weight excluding hydrogens is 304 g/mol. The smallest absolute Gasteiger partial charge is 0.270 e. The van der Waals surface area contributed by atoms with Gasteiger partial charge in [0.2, 0.25) is 5.95 Å². The fourth-order valence-corrected chi connectivity index (χ4v) is 2.28. The van der Waals surface area contributed by atoms with Crippen molar-refractivity contribution in [1.29, 1.82) is 0 Å². The first kappa shape index (κ1) is 14.2. The molecule has 110 valence electrons. The fourth-order valence-electron chi connectivity index (χ4n) is 2.13. The third-order valence-electron chi connectivity index (χ3n) is 3.20. The van der Waals surface area contributed by atoms with Crippen LogP contribution in [0.15, 0.2) is 47.4 Å². The third kappa shape index (κ3) is 2.33. The molecule has 1 aromatic carbocycles. The van der Waals surface area contributed by atoms with Gasteiger partial charge in [-0.2, -0.15) is 0 Å². The van der Waals surface area contributed by atoms with Crippen LogP contribution >= 0.6 is 11.6 Å². The summed E-state index contributed by atoms with van der Waals surface area (Å²) in [5.74, 6) is -0.541. The molecule has 2 aromatic heterocycles. The zero-order chi connectivity index (χ0) is 15.7. The van der Waals surface area contributed by atoms with Crippen molar-refractivity contribution >= 4 is 34.4 Å². The summed E-state index contributed by atoms with van der Waals surface area (Å²) >= 11 is 5.73. The summed E-state index contributed by atoms with van der Waals surface area (Å²) in [6.45, 7) is 0. The number of carbonyl (C=O) groups is 1. The second-order valence-corrected chi connectivity index (χ2v) is 4.88. The Balaban J connectivity index is 2.26. The Hall–Kier alpha value is -2.73. The number of halogens is 1. The topological polar surface area (TPSA) is 90.9 Å². The molecule has 3 aromatic rings. The maximum absolute atomic E-state index is 12.6. The minimum atomic E-state index is -0.537. The monoisotopic (exact) mass is 314 g/mol. The number of benzene rings is 1. The molecule has 0 atom stereocenters. The van der Waals surface area contributed by atoms with Crippen LogP contribution in [0.2, 0.25) is 0 Å². The lowest BCUT2D eigenvalue weighted by Crippen LogP contribution is -2.30. The predicted molar refractivity (Wildman–Crippen MR) is 83.9 cm³/mol. The zero-order valence-electron chi connectivity index (χ0n) is 11.4. The van der Waals surface area contributed by atoms with Gasteiger partial charge in [0.25, 0.3) is 11.5 Å². The van der Waals surface area contributed by atoms with E-state index in [0.29, 0.717) is 16.8 Å². The molecule has 0 spiro atoms. The van der Waals surface area contributed by atoms with E-state index in [1.807, 2.05) is 0 Å². The zero-order valence-corrected chi connectivity index (χ0v) is 12.1. The molecule has 0 unspecified atom stereocenters. The summed E-state index contributed by atoms with van der Waals surface area (Å²) in [7, 11) is 0. The normalized spacial score (nSPS) is 10.8. The van der Waals surface area contributed by atoms with Crippen molar-refractivity contribution in [2.45, 2.75) is 5.88 Å². The van der Waals surface area contributed by atoms with Gasteiger partial charge in [-0.1, -0.05) is 18.2 Å². The number of nitrogens with zero attached hydrogens (tertiary/aromatic N) is 3. The summed E-state index contributed by atoms with van der Waals surface area (Å²) in [5, 5.41) is 0.254. The number of pyridine rings is 1. The quantitative estimate of drug-likeness (QED) is 0.728. The number of rotatable bonds is 2. The van der Waals surface area contributed by atoms with Crippen LogP contribution in [0.4, 0.5) is 5.95 Å². The summed E-state index contributed by atoms with van der Waals surface area (Å²) in [5.41, 5.74) is 6.44. The first-order chi connectivity index (χ1) is 10.6. The highest BCUT2D eigenvalue weighted by Crippen LogP contribution is 2.12. The van der Waals surface area contributed by atoms with Gasteiger partial charge in [-0.05, 0) is 18.2 Å². The van der Waals surface area contributed by atoms with Crippen LogP contribution in [0.5, 0.6) is 0 Å². The Morgan fingerprint density at radius 2 is 2.00 bits per heavy atom. The Morgan fingerprint density at radius 1 is 1.27 bits per heavy atom. The van der Waals surface area contributed by atoms with Crippen LogP contribution in [0.25, 0.3) is 10.9 Å². The largest absolute Gasteiger partial charge is 0.369 e. The average Bonchev–Trinajstić information content (AvgIpc) is 2.55. The van der Waals surface area contributed by atoms with Gasteiger partial charge in [0.15, 0.2) is 0 Å². The minimum absolute atomic E-state index is 0.159. The van der Waals surface area contributed by atoms with Crippen molar-refractivity contribution in [3.63, 3.8) is 0 Å². The van der Waals surface area contributed by atoms with Crippen molar-refractivity contribution in [3.8, 4) is 0 Å². The SMILES string of the molecule is Nc1nc2cnc(CCl)cc2c(=O)n1C(=O)c1ccccc1. The number of nitrogen functional groups attached to an aromatic ring is 1. The number of aromatic nitrogens is 3. The Morgan fingerprint density at radius 3 is 2.68 bits per heavy atom. The van der Waals surface area contributed by atoms with Crippen LogP contribution in [-0.4, -0.2) is 20.4 Å². The molecule has 22 heavy (non-hydrogen) atoms. The van der Waals surface area contributed by atoms with Crippen molar-refractivity contribution < 1.29 is 4.79 Å². The van der Waals surface area contributed by atoms with Gasteiger partial charge in [0, 0.05) is 5.56 Å². The van der Waals surface area contributed by atoms with E-state index in [2.05, 4.69) is 9.97 Å². The van der Waals surface area contributed by atoms with Gasteiger partial charge in [-0.3, -0.25) is 14.6 Å². The van der Waals surface area contributed by atoms with E-state index in [4.69, 9.17) is 17.3 Å². The van der Waals surface area contributed by atoms with Crippen molar-refractivity contribution in [2.24, 2.45) is 0 Å². The predicted octanol–water partition coefficient (Wildman–Crippen LogP) is 1.80. The van der Waals surface area contributed by atoms with Crippen LogP contribution < -0.4 is 11.3 Å². The molecule has 3 rings (SSSR count). The Labute approximate surface area is 130 Å². The molecule has 0 aliphatic heterocycles. The highest BCUT2D eigenvalue weighted by Gasteiger charge is 2.17. The maximum atomic E-state index is 12.6. The van der Waals surface area contributed by atoms with E-state index in [-0.39, 0.29) is 17.2 Å². The summed E-state index contributed by atoms with van der Waals surface area (Å²) in [6.07, 6.45) is 1.42. The molecule has 0 bridgehead atoms. The van der Waals surface area contributed by atoms with Gasteiger partial charge in [0.1, 0.15) is 0 Å². The number of alkyl halides is 1. The van der Waals surface area contributed by atoms with E-state index >= 15 is 0 Å². The van der Waals surface area contributed by atoms with E-state index in [1.165, 1.54) is 12.3 Å². The lowest BCUT2D eigenvalue weighted by Gasteiger charge is -2.09. The molecule has 0 saturated heterocycles. The van der Waals surface area contributed by atoms with Crippen molar-refractivity contribution in [1.82, 2.24) is 14.5 Å². The molecule has 2 heterocycles. The molecule has 0 aliphatic carbocycles. The van der Waals surface area contributed by atoms with Crippen LogP contribution in [0, 0.1) is 0 Å². The molecule has 7 heteroatoms. The minimum Gasteiger partial charge on any atom is -0.369 e. The molecular formula is C15H11ClN4O2. The lowest BCUT2D eigenvalue weighted by molar-refractivity contribution is 0.0958. The van der Waals surface area contributed by atoms with Gasteiger partial charge in [-0.25, -0.2) is 9.55 Å². The number of carbonyl (C=O) groups excluding carboxylic acids is 1. The average molecular weight is 315 g/mol. The standard InChI is InChI=1S/C15H11ClN4O2/c16-7-10-6-11-12(8-18-10)19-15(17)20(14(11)22)13(21)9-4-2-1-3-5-9/h1-6,8H,7H2,(H2,17,19). The fraction of sp³-hybridized carbons (Fsp3) is 0.0667. The maximum Gasteiger partial charge on any atom is 0.270 e. The highest BCUT2D eigenvalue weighted by atomic mass is 35.5. The highest BCUT2D eigenvalue weighted by molar-refractivity contribution is 6.17. The van der Waals surface area contributed by atoms with Crippen LogP contribution in [0.1, 0.15) is 16.1 Å². The van der Waals surface area contributed by atoms with Crippen LogP contribution in [-0.2, 0) is 5.88 Å². The number of hydrogen-bond donors (Lipinski definition) is 1. The van der Waals surface area contributed by atoms with E-state index in [1.54, 1.807) is 30.3 Å². The van der Waals surface area contributed by atoms with Crippen molar-refractivity contribution in [3.05, 3.63) is 64.2 Å². The molecule has 2 N–H and O–H groups in total. The number of nitrogens with two attached hydrogens (primary N) is 1.